The monoisotopic (exact) mass is 378 g/mol. The van der Waals surface area contributed by atoms with E-state index < -0.39 is 10.0 Å². The van der Waals surface area contributed by atoms with E-state index in [0.29, 0.717) is 18.9 Å². The lowest BCUT2D eigenvalue weighted by molar-refractivity contribution is -0.121. The van der Waals surface area contributed by atoms with Crippen LogP contribution in [-0.2, 0) is 24.3 Å². The number of benzene rings is 1. The summed E-state index contributed by atoms with van der Waals surface area (Å²) in [5.74, 6) is -0.501. The van der Waals surface area contributed by atoms with Gasteiger partial charge in [0.05, 0.1) is 10.6 Å². The van der Waals surface area contributed by atoms with Crippen LogP contribution in [0.2, 0.25) is 0 Å². The second-order valence-electron chi connectivity index (χ2n) is 7.30. The minimum absolute atomic E-state index is 0.0274. The first kappa shape index (κ1) is 17.6. The van der Waals surface area contributed by atoms with Gasteiger partial charge in [0.1, 0.15) is 0 Å². The minimum Gasteiger partial charge on any atom is -0.381 e. The minimum atomic E-state index is -3.64. The molecule has 1 aromatic rings. The van der Waals surface area contributed by atoms with Crippen LogP contribution in [0.1, 0.15) is 38.5 Å². The molecule has 0 radical (unpaired) electrons. The van der Waals surface area contributed by atoms with Gasteiger partial charge in [-0.1, -0.05) is 0 Å². The van der Waals surface area contributed by atoms with E-state index >= 15 is 0 Å². The Morgan fingerprint density at radius 2 is 1.62 bits per heavy atom. The van der Waals surface area contributed by atoms with Gasteiger partial charge in [0.15, 0.2) is 0 Å². The average Bonchev–Trinajstić information content (AvgIpc) is 2.98. The Hall–Kier alpha value is -1.77. The van der Waals surface area contributed by atoms with E-state index in [0.717, 1.165) is 30.6 Å². The molecule has 2 amide bonds. The number of imide groups is 1. The standard InChI is InChI=1S/C18H22N2O5S/c21-16-5-6-17(22)20(16)13-1-3-14(4-2-13)26(23,24)19-15-7-8-18(15)9-11-25-12-10-18/h1-4,15,19H,5-12H2. The molecule has 1 saturated carbocycles. The molecule has 4 rings (SSSR count). The van der Waals surface area contributed by atoms with Crippen molar-refractivity contribution in [3.05, 3.63) is 24.3 Å². The maximum Gasteiger partial charge on any atom is 0.240 e. The van der Waals surface area contributed by atoms with Crippen molar-refractivity contribution >= 4 is 27.5 Å². The van der Waals surface area contributed by atoms with Crippen molar-refractivity contribution in [2.75, 3.05) is 18.1 Å². The van der Waals surface area contributed by atoms with E-state index in [2.05, 4.69) is 4.72 Å². The van der Waals surface area contributed by atoms with Crippen LogP contribution in [0, 0.1) is 5.41 Å². The Bertz CT molecular complexity index is 812. The molecule has 2 heterocycles. The van der Waals surface area contributed by atoms with E-state index in [-0.39, 0.29) is 41.0 Å². The number of sulfonamides is 1. The predicted molar refractivity (Wildman–Crippen MR) is 94.0 cm³/mol. The van der Waals surface area contributed by atoms with E-state index in [1.54, 1.807) is 0 Å². The second-order valence-corrected chi connectivity index (χ2v) is 9.02. The third-order valence-electron chi connectivity index (χ3n) is 5.91. The highest BCUT2D eigenvalue weighted by atomic mass is 32.2. The van der Waals surface area contributed by atoms with Crippen LogP contribution in [0.15, 0.2) is 29.2 Å². The molecule has 0 aromatic heterocycles. The number of carbonyl (C=O) groups excluding carboxylic acids is 2. The van der Waals surface area contributed by atoms with Crippen molar-refractivity contribution in [2.45, 2.75) is 49.5 Å². The van der Waals surface area contributed by atoms with Crippen molar-refractivity contribution in [2.24, 2.45) is 5.41 Å². The third kappa shape index (κ3) is 2.95. The first-order valence-electron chi connectivity index (χ1n) is 8.97. The highest BCUT2D eigenvalue weighted by molar-refractivity contribution is 7.89. The molecule has 1 aromatic carbocycles. The molecule has 26 heavy (non-hydrogen) atoms. The van der Waals surface area contributed by atoms with E-state index in [4.69, 9.17) is 4.74 Å². The molecule has 3 fully saturated rings. The molecule has 140 valence electrons. The maximum atomic E-state index is 12.7. The fraction of sp³-hybridized carbons (Fsp3) is 0.556. The summed E-state index contributed by atoms with van der Waals surface area (Å²) in [5, 5.41) is 0. The first-order chi connectivity index (χ1) is 12.4. The molecule has 7 nitrogen and oxygen atoms in total. The van der Waals surface area contributed by atoms with Crippen LogP contribution < -0.4 is 9.62 Å². The highest BCUT2D eigenvalue weighted by Gasteiger charge is 2.48. The Labute approximate surface area is 152 Å². The highest BCUT2D eigenvalue weighted by Crippen LogP contribution is 2.49. The quantitative estimate of drug-likeness (QED) is 0.803. The Balaban J connectivity index is 1.50. The van der Waals surface area contributed by atoms with Crippen molar-refractivity contribution in [3.8, 4) is 0 Å². The molecular weight excluding hydrogens is 356 g/mol. The summed E-state index contributed by atoms with van der Waals surface area (Å²) in [6, 6.07) is 5.87. The number of anilines is 1. The zero-order valence-electron chi connectivity index (χ0n) is 14.4. The molecule has 1 spiro atoms. The van der Waals surface area contributed by atoms with E-state index in [1.165, 1.54) is 24.3 Å². The normalized spacial score (nSPS) is 25.5. The van der Waals surface area contributed by atoms with Crippen molar-refractivity contribution in [3.63, 3.8) is 0 Å². The Kier molecular flexibility index (Phi) is 4.37. The van der Waals surface area contributed by atoms with Crippen molar-refractivity contribution in [1.82, 2.24) is 4.72 Å². The van der Waals surface area contributed by atoms with Gasteiger partial charge in [0.25, 0.3) is 0 Å². The topological polar surface area (TPSA) is 92.8 Å². The number of hydrogen-bond acceptors (Lipinski definition) is 5. The predicted octanol–water partition coefficient (Wildman–Crippen LogP) is 1.58. The van der Waals surface area contributed by atoms with Crippen LogP contribution in [-0.4, -0.2) is 39.5 Å². The molecule has 2 saturated heterocycles. The number of rotatable bonds is 4. The lowest BCUT2D eigenvalue weighted by atomic mass is 9.60. The van der Waals surface area contributed by atoms with Crippen molar-refractivity contribution < 1.29 is 22.7 Å². The molecule has 3 aliphatic rings. The Morgan fingerprint density at radius 3 is 2.15 bits per heavy atom. The zero-order valence-corrected chi connectivity index (χ0v) is 15.3. The molecule has 8 heteroatoms. The van der Waals surface area contributed by atoms with Gasteiger partial charge in [-0.05, 0) is 55.4 Å². The number of nitrogens with one attached hydrogen (secondary N) is 1. The summed E-state index contributed by atoms with van der Waals surface area (Å²) in [5.41, 5.74) is 0.445. The van der Waals surface area contributed by atoms with Gasteiger partial charge >= 0.3 is 0 Å². The molecule has 1 aliphatic carbocycles. The molecular formula is C18H22N2O5S. The van der Waals surface area contributed by atoms with Gasteiger partial charge in [-0.25, -0.2) is 13.1 Å². The fourth-order valence-electron chi connectivity index (χ4n) is 4.15. The van der Waals surface area contributed by atoms with Crippen LogP contribution in [0.4, 0.5) is 5.69 Å². The van der Waals surface area contributed by atoms with Gasteiger partial charge in [-0.2, -0.15) is 0 Å². The van der Waals surface area contributed by atoms with Gasteiger partial charge in [-0.15, -0.1) is 0 Å². The van der Waals surface area contributed by atoms with Gasteiger partial charge < -0.3 is 4.74 Å². The van der Waals surface area contributed by atoms with Crippen LogP contribution in [0.3, 0.4) is 0 Å². The SMILES string of the molecule is O=C1CCC(=O)N1c1ccc(S(=O)(=O)NC2CCC23CCOCC3)cc1. The first-order valence-corrected chi connectivity index (χ1v) is 10.5. The summed E-state index contributed by atoms with van der Waals surface area (Å²) in [6.45, 7) is 1.37. The molecule has 2 aliphatic heterocycles. The number of amides is 2. The average molecular weight is 378 g/mol. The lowest BCUT2D eigenvalue weighted by Gasteiger charge is -2.51. The lowest BCUT2D eigenvalue weighted by Crippen LogP contribution is -2.57. The smallest absolute Gasteiger partial charge is 0.240 e. The maximum absolute atomic E-state index is 12.7. The van der Waals surface area contributed by atoms with Gasteiger partial charge in [0.2, 0.25) is 21.8 Å². The van der Waals surface area contributed by atoms with Crippen LogP contribution in [0.5, 0.6) is 0 Å². The summed E-state index contributed by atoms with van der Waals surface area (Å²) >= 11 is 0. The van der Waals surface area contributed by atoms with Crippen LogP contribution in [0.25, 0.3) is 0 Å². The summed E-state index contributed by atoms with van der Waals surface area (Å²) < 4.78 is 33.7. The molecule has 0 bridgehead atoms. The van der Waals surface area contributed by atoms with Gasteiger partial charge in [-0.3, -0.25) is 14.5 Å². The zero-order chi connectivity index (χ0) is 18.4. The molecule has 1 atom stereocenters. The largest absolute Gasteiger partial charge is 0.381 e. The number of ether oxygens (including phenoxy) is 1. The fourth-order valence-corrected chi connectivity index (χ4v) is 5.52. The van der Waals surface area contributed by atoms with Crippen LogP contribution >= 0.6 is 0 Å². The molecule has 1 N–H and O–H groups in total. The summed E-state index contributed by atoms with van der Waals surface area (Å²) in [4.78, 5) is 24.9. The van der Waals surface area contributed by atoms with E-state index in [1.807, 2.05) is 0 Å². The number of hydrogen-bond donors (Lipinski definition) is 1. The van der Waals surface area contributed by atoms with Crippen molar-refractivity contribution in [1.29, 1.82) is 0 Å². The second kappa shape index (κ2) is 6.44. The third-order valence-corrected chi connectivity index (χ3v) is 7.40. The Morgan fingerprint density at radius 1 is 1.00 bits per heavy atom. The number of carbonyl (C=O) groups is 2. The van der Waals surface area contributed by atoms with E-state index in [9.17, 15) is 18.0 Å². The summed E-state index contributed by atoms with van der Waals surface area (Å²) in [6.07, 6.45) is 4.05. The van der Waals surface area contributed by atoms with Gasteiger partial charge in [0, 0.05) is 32.1 Å². The summed E-state index contributed by atoms with van der Waals surface area (Å²) in [7, 11) is -3.64. The molecule has 1 unspecified atom stereocenters. The number of nitrogens with zero attached hydrogens (tertiary/aromatic N) is 1.